The lowest BCUT2D eigenvalue weighted by Gasteiger charge is -2.40. The molecule has 0 radical (unpaired) electrons. The van der Waals surface area contributed by atoms with E-state index >= 15 is 0 Å². The summed E-state index contributed by atoms with van der Waals surface area (Å²) in [5.41, 5.74) is 1.89. The molecule has 1 aliphatic heterocycles. The number of carbonyl (C=O) groups is 1. The van der Waals surface area contributed by atoms with Crippen LogP contribution in [-0.2, 0) is 15.6 Å². The number of nitrogens with one attached hydrogen (secondary N) is 1. The molecule has 2 fully saturated rings. The van der Waals surface area contributed by atoms with E-state index < -0.39 is 20.6 Å². The van der Waals surface area contributed by atoms with Gasteiger partial charge in [-0.15, -0.1) is 0 Å². The fourth-order valence-electron chi connectivity index (χ4n) is 4.32. The molecule has 1 saturated carbocycles. The Morgan fingerprint density at radius 3 is 2.35 bits per heavy atom. The van der Waals surface area contributed by atoms with Crippen LogP contribution in [0.1, 0.15) is 40.2 Å². The van der Waals surface area contributed by atoms with Gasteiger partial charge in [0, 0.05) is 25.2 Å². The Morgan fingerprint density at radius 2 is 1.76 bits per heavy atom. The van der Waals surface area contributed by atoms with Gasteiger partial charge in [-0.05, 0) is 36.1 Å². The maximum absolute atomic E-state index is 13.4. The Balaban J connectivity index is 1.46. The second-order valence-electron chi connectivity index (χ2n) is 8.74. The molecule has 2 aromatic carbocycles. The van der Waals surface area contributed by atoms with Gasteiger partial charge < -0.3 is 10.2 Å². The molecule has 1 amide bonds. The second-order valence-corrected chi connectivity index (χ2v) is 10.6. The third-order valence-corrected chi connectivity index (χ3v) is 7.77. The molecular formula is C24H22ClFN4O3S. The number of carbonyl (C=O) groups excluding carboxylic acids is 1. The van der Waals surface area contributed by atoms with Crippen LogP contribution in [0.15, 0.2) is 65.8 Å². The van der Waals surface area contributed by atoms with Crippen molar-refractivity contribution < 1.29 is 17.6 Å². The third-order valence-electron chi connectivity index (χ3n) is 6.44. The van der Waals surface area contributed by atoms with Crippen LogP contribution in [0.2, 0.25) is 5.02 Å². The summed E-state index contributed by atoms with van der Waals surface area (Å²) < 4.78 is 37.3. The second kappa shape index (κ2) is 8.33. The molecule has 0 spiro atoms. The highest BCUT2D eigenvalue weighted by Crippen LogP contribution is 2.50. The number of hydrogen-bond acceptors (Lipinski definition) is 5. The fraction of sp³-hybridized carbons (Fsp3) is 0.250. The van der Waals surface area contributed by atoms with Crippen molar-refractivity contribution in [1.29, 1.82) is 0 Å². The van der Waals surface area contributed by atoms with Crippen LogP contribution in [0.25, 0.3) is 0 Å². The number of primary sulfonamides is 1. The number of hydrogen-bond donors (Lipinski definition) is 2. The van der Waals surface area contributed by atoms with Gasteiger partial charge >= 0.3 is 0 Å². The third kappa shape index (κ3) is 4.15. The van der Waals surface area contributed by atoms with E-state index in [0.717, 1.165) is 24.0 Å². The van der Waals surface area contributed by atoms with Crippen molar-refractivity contribution in [1.82, 2.24) is 9.88 Å². The van der Waals surface area contributed by atoms with Crippen molar-refractivity contribution >= 4 is 33.2 Å². The summed E-state index contributed by atoms with van der Waals surface area (Å²) in [6.45, 7) is 0.893. The number of pyridine rings is 1. The van der Waals surface area contributed by atoms with Crippen LogP contribution in [0.3, 0.4) is 0 Å². The zero-order chi connectivity index (χ0) is 24.1. The molecule has 176 valence electrons. The van der Waals surface area contributed by atoms with E-state index in [0.29, 0.717) is 13.1 Å². The molecule has 2 aliphatic rings. The van der Waals surface area contributed by atoms with Crippen LogP contribution >= 0.6 is 11.6 Å². The van der Waals surface area contributed by atoms with Gasteiger partial charge in [-0.25, -0.2) is 22.9 Å². The fourth-order valence-corrected chi connectivity index (χ4v) is 5.39. The van der Waals surface area contributed by atoms with Crippen molar-refractivity contribution in [2.75, 3.05) is 18.4 Å². The Labute approximate surface area is 201 Å². The number of aromatic nitrogens is 1. The smallest absolute Gasteiger partial charge is 0.257 e. The van der Waals surface area contributed by atoms with E-state index in [1.807, 2.05) is 30.3 Å². The lowest BCUT2D eigenvalue weighted by molar-refractivity contribution is 0.0602. The number of benzene rings is 2. The Morgan fingerprint density at radius 1 is 1.12 bits per heavy atom. The normalized spacial score (nSPS) is 17.2. The maximum atomic E-state index is 13.4. The van der Waals surface area contributed by atoms with E-state index in [4.69, 9.17) is 16.7 Å². The summed E-state index contributed by atoms with van der Waals surface area (Å²) in [6, 6.07) is 15.9. The zero-order valence-electron chi connectivity index (χ0n) is 18.0. The largest absolute Gasteiger partial charge is 0.374 e. The monoisotopic (exact) mass is 500 g/mol. The van der Waals surface area contributed by atoms with E-state index in [-0.39, 0.29) is 33.9 Å². The number of sulfonamides is 1. The highest BCUT2D eigenvalue weighted by Gasteiger charge is 2.46. The minimum Gasteiger partial charge on any atom is -0.374 e. The van der Waals surface area contributed by atoms with Crippen molar-refractivity contribution in [2.45, 2.75) is 29.3 Å². The highest BCUT2D eigenvalue weighted by atomic mass is 35.5. The lowest BCUT2D eigenvalue weighted by atomic mass is 9.91. The number of anilines is 1. The molecule has 5 rings (SSSR count). The minimum absolute atomic E-state index is 0.0900. The molecular weight excluding hydrogens is 479 g/mol. The molecule has 0 unspecified atom stereocenters. The first kappa shape index (κ1) is 22.8. The summed E-state index contributed by atoms with van der Waals surface area (Å²) in [4.78, 5) is 18.9. The van der Waals surface area contributed by atoms with Gasteiger partial charge in [-0.2, -0.15) is 0 Å². The van der Waals surface area contributed by atoms with Gasteiger partial charge in [0.05, 0.1) is 16.8 Å². The van der Waals surface area contributed by atoms with Crippen molar-refractivity contribution in [3.8, 4) is 0 Å². The van der Waals surface area contributed by atoms with Crippen molar-refractivity contribution in [2.24, 2.45) is 5.14 Å². The molecule has 1 aliphatic carbocycles. The van der Waals surface area contributed by atoms with E-state index in [1.54, 1.807) is 17.0 Å². The molecule has 3 N–H and O–H groups in total. The summed E-state index contributed by atoms with van der Waals surface area (Å²) in [6.07, 6.45) is 2.80. The summed E-state index contributed by atoms with van der Waals surface area (Å²) in [5, 5.41) is 7.97. The number of rotatable bonds is 6. The maximum Gasteiger partial charge on any atom is 0.257 e. The van der Waals surface area contributed by atoms with Gasteiger partial charge in [0.1, 0.15) is 10.8 Å². The molecule has 1 aromatic heterocycles. The first-order chi connectivity index (χ1) is 16.2. The molecule has 0 bridgehead atoms. The number of likely N-dealkylation sites (tertiary alicyclic amines) is 1. The van der Waals surface area contributed by atoms with Gasteiger partial charge in [0.2, 0.25) is 0 Å². The van der Waals surface area contributed by atoms with E-state index in [2.05, 4.69) is 10.3 Å². The van der Waals surface area contributed by atoms with Crippen LogP contribution < -0.4 is 10.5 Å². The average molecular weight is 501 g/mol. The van der Waals surface area contributed by atoms with Gasteiger partial charge in [0.15, 0.2) is 5.03 Å². The topological polar surface area (TPSA) is 105 Å². The molecule has 3 aromatic rings. The molecule has 2 heterocycles. The van der Waals surface area contributed by atoms with Crippen molar-refractivity contribution in [3.05, 3.63) is 88.3 Å². The van der Waals surface area contributed by atoms with Crippen molar-refractivity contribution in [3.63, 3.8) is 0 Å². The molecule has 10 heteroatoms. The predicted octanol–water partition coefficient (Wildman–Crippen LogP) is 3.86. The average Bonchev–Trinajstić information content (AvgIpc) is 3.56. The number of nitrogens with two attached hydrogens (primary N) is 1. The first-order valence-electron chi connectivity index (χ1n) is 10.8. The Kier molecular flexibility index (Phi) is 5.58. The molecule has 7 nitrogen and oxygen atoms in total. The van der Waals surface area contributed by atoms with Gasteiger partial charge in [-0.3, -0.25) is 4.79 Å². The standard InChI is InChI=1S/C24H22ClFN4O3S/c25-20-21(29-24(10-11-24)17-4-2-1-3-5-17)19(12-28-22(20)34(27,32)33)23(31)30-13-16(14-30)15-6-8-18(26)9-7-15/h1-9,12,16H,10-11,13-14H2,(H,28,29)(H2,27,32,33). The van der Waals surface area contributed by atoms with E-state index in [1.165, 1.54) is 18.3 Å². The van der Waals surface area contributed by atoms with Crippen LogP contribution in [0.5, 0.6) is 0 Å². The lowest BCUT2D eigenvalue weighted by Crippen LogP contribution is -2.48. The van der Waals surface area contributed by atoms with Gasteiger partial charge in [0.25, 0.3) is 15.9 Å². The number of nitrogens with zero attached hydrogens (tertiary/aromatic N) is 2. The Hall–Kier alpha value is -3.01. The van der Waals surface area contributed by atoms with Crippen LogP contribution in [0.4, 0.5) is 10.1 Å². The minimum atomic E-state index is -4.20. The highest BCUT2D eigenvalue weighted by molar-refractivity contribution is 7.89. The quantitative estimate of drug-likeness (QED) is 0.534. The Bertz CT molecular complexity index is 1360. The molecule has 0 atom stereocenters. The molecule has 34 heavy (non-hydrogen) atoms. The summed E-state index contributed by atoms with van der Waals surface area (Å²) >= 11 is 6.48. The predicted molar refractivity (Wildman–Crippen MR) is 127 cm³/mol. The summed E-state index contributed by atoms with van der Waals surface area (Å²) in [5.74, 6) is -0.540. The SMILES string of the molecule is NS(=O)(=O)c1ncc(C(=O)N2CC(c3ccc(F)cc3)C2)c(NC2(c3ccccc3)CC2)c1Cl. The summed E-state index contributed by atoms with van der Waals surface area (Å²) in [7, 11) is -4.20. The first-order valence-corrected chi connectivity index (χ1v) is 12.7. The van der Waals surface area contributed by atoms with Crippen LogP contribution in [0, 0.1) is 5.82 Å². The van der Waals surface area contributed by atoms with Gasteiger partial charge in [-0.1, -0.05) is 54.1 Å². The zero-order valence-corrected chi connectivity index (χ0v) is 19.6. The molecule has 1 saturated heterocycles. The van der Waals surface area contributed by atoms with Crippen LogP contribution in [-0.4, -0.2) is 37.3 Å². The van der Waals surface area contributed by atoms with E-state index in [9.17, 15) is 17.6 Å². The number of amides is 1. The number of halogens is 2.